The van der Waals surface area contributed by atoms with Gasteiger partial charge in [0.05, 0.1) is 11.5 Å². The van der Waals surface area contributed by atoms with E-state index in [2.05, 4.69) is 24.0 Å². The van der Waals surface area contributed by atoms with E-state index in [1.165, 1.54) is 6.92 Å². The molecule has 4 aliphatic rings. The van der Waals surface area contributed by atoms with Gasteiger partial charge in [-0.15, -0.1) is 0 Å². The van der Waals surface area contributed by atoms with Crippen LogP contribution < -0.4 is 5.73 Å². The molecule has 2 saturated carbocycles. The summed E-state index contributed by atoms with van der Waals surface area (Å²) in [6.07, 6.45) is 8.22. The second-order valence-corrected chi connectivity index (χ2v) is 11.6. The molecular weight excluding hydrogens is 468 g/mol. The largest absolute Gasteiger partial charge is 0.489 e. The minimum Gasteiger partial charge on any atom is -0.489 e. The first-order chi connectivity index (χ1) is 17.6. The van der Waals surface area contributed by atoms with Gasteiger partial charge in [0.25, 0.3) is 0 Å². The lowest BCUT2D eigenvalue weighted by Gasteiger charge is -2.48. The molecule has 6 rings (SSSR count). The van der Waals surface area contributed by atoms with Gasteiger partial charge in [-0.1, -0.05) is 25.1 Å². The number of esters is 1. The maximum Gasteiger partial charge on any atom is 0.303 e. The Kier molecular flexibility index (Phi) is 5.34. The smallest absolute Gasteiger partial charge is 0.303 e. The summed E-state index contributed by atoms with van der Waals surface area (Å²) in [7, 11) is 0. The van der Waals surface area contributed by atoms with Gasteiger partial charge in [0.1, 0.15) is 17.5 Å². The molecule has 7 nitrogen and oxygen atoms in total. The zero-order chi connectivity index (χ0) is 26.1. The van der Waals surface area contributed by atoms with Crippen LogP contribution in [0.2, 0.25) is 0 Å². The number of carbonyl (C=O) groups is 3. The Morgan fingerprint density at radius 2 is 2.00 bits per heavy atom. The standard InChI is InChI=1S/C30H32N2O5/c1-16(33)37-30(3)14-23-26-17(11-22-24(34)12-19(28(31)35)13-25(22)36-26)7-9-29(23,2)27(30)21-6-4-5-18-15-32-10-8-20(18)21/h4-6,8,10-11,15,19,23,26-27H,7,9,12-14H2,1-3H3,(H2,31,35)/t19?,23-,26+,27+,29-,30?/m0/s1. The summed E-state index contributed by atoms with van der Waals surface area (Å²) in [6, 6.07) is 8.28. The molecule has 2 fully saturated rings. The van der Waals surface area contributed by atoms with E-state index in [1.807, 2.05) is 31.3 Å². The second kappa shape index (κ2) is 8.27. The number of rotatable bonds is 3. The molecule has 2 aromatic rings. The third kappa shape index (κ3) is 3.62. The highest BCUT2D eigenvalue weighted by atomic mass is 16.6. The molecule has 3 aliphatic carbocycles. The Hall–Kier alpha value is -3.48. The molecule has 0 bridgehead atoms. The molecule has 37 heavy (non-hydrogen) atoms. The quantitative estimate of drug-likeness (QED) is 0.622. The van der Waals surface area contributed by atoms with Gasteiger partial charge in [0.15, 0.2) is 5.78 Å². The fraction of sp³-hybridized carbons (Fsp3) is 0.467. The van der Waals surface area contributed by atoms with Crippen LogP contribution in [0.5, 0.6) is 0 Å². The van der Waals surface area contributed by atoms with Crippen LogP contribution in [0, 0.1) is 17.3 Å². The van der Waals surface area contributed by atoms with Crippen LogP contribution in [-0.2, 0) is 23.9 Å². The zero-order valence-electron chi connectivity index (χ0n) is 21.5. The van der Waals surface area contributed by atoms with Crippen LogP contribution in [0.15, 0.2) is 59.6 Å². The number of aromatic nitrogens is 1. The fourth-order valence-electron chi connectivity index (χ4n) is 7.83. The molecule has 0 spiro atoms. The first kappa shape index (κ1) is 23.9. The summed E-state index contributed by atoms with van der Waals surface area (Å²) in [6.45, 7) is 5.81. The number of allylic oxidation sites excluding steroid dienone is 3. The van der Waals surface area contributed by atoms with Crippen molar-refractivity contribution in [2.75, 3.05) is 0 Å². The molecule has 2 N–H and O–H groups in total. The molecule has 192 valence electrons. The summed E-state index contributed by atoms with van der Waals surface area (Å²) in [5, 5.41) is 2.16. The van der Waals surface area contributed by atoms with E-state index in [9.17, 15) is 14.4 Å². The fourth-order valence-corrected chi connectivity index (χ4v) is 7.83. The first-order valence-corrected chi connectivity index (χ1v) is 13.1. The average molecular weight is 501 g/mol. The molecule has 1 aromatic carbocycles. The van der Waals surface area contributed by atoms with Crippen molar-refractivity contribution in [1.29, 1.82) is 0 Å². The minimum atomic E-state index is -0.742. The summed E-state index contributed by atoms with van der Waals surface area (Å²) in [5.74, 6) is -0.827. The Labute approximate surface area is 216 Å². The van der Waals surface area contributed by atoms with Gasteiger partial charge in [-0.3, -0.25) is 19.4 Å². The first-order valence-electron chi connectivity index (χ1n) is 13.1. The van der Waals surface area contributed by atoms with Crippen molar-refractivity contribution < 1.29 is 23.9 Å². The Morgan fingerprint density at radius 1 is 1.19 bits per heavy atom. The lowest BCUT2D eigenvalue weighted by Crippen LogP contribution is -2.45. The molecule has 1 aliphatic heterocycles. The number of primary amides is 1. The van der Waals surface area contributed by atoms with Gasteiger partial charge < -0.3 is 15.2 Å². The molecule has 1 amide bonds. The Morgan fingerprint density at radius 3 is 2.76 bits per heavy atom. The van der Waals surface area contributed by atoms with Gasteiger partial charge in [-0.2, -0.15) is 0 Å². The number of nitrogens with two attached hydrogens (primary N) is 1. The SMILES string of the molecule is CC(=O)OC1(C)C[C@H]2[C@@H]3OC4=C(C=C3CC[C@]2(C)[C@H]1c1cccc2cnccc12)C(=O)CC(C(N)=O)C4. The predicted molar refractivity (Wildman–Crippen MR) is 137 cm³/mol. The number of ether oxygens (including phenoxy) is 2. The van der Waals surface area contributed by atoms with Crippen molar-refractivity contribution in [2.45, 2.75) is 70.5 Å². The minimum absolute atomic E-state index is 0.0528. The molecule has 0 saturated heterocycles. The Bertz CT molecular complexity index is 1400. The third-order valence-electron chi connectivity index (χ3n) is 9.29. The monoisotopic (exact) mass is 500 g/mol. The Balaban J connectivity index is 1.44. The van der Waals surface area contributed by atoms with Gasteiger partial charge in [0.2, 0.25) is 5.91 Å². The number of amides is 1. The number of nitrogens with zero attached hydrogens (tertiary/aromatic N) is 1. The highest BCUT2D eigenvalue weighted by molar-refractivity contribution is 6.02. The van der Waals surface area contributed by atoms with Crippen molar-refractivity contribution in [1.82, 2.24) is 4.98 Å². The lowest BCUT2D eigenvalue weighted by atomic mass is 9.60. The number of hydrogen-bond donors (Lipinski definition) is 1. The molecule has 2 heterocycles. The number of pyridine rings is 1. The van der Waals surface area contributed by atoms with E-state index < -0.39 is 17.4 Å². The van der Waals surface area contributed by atoms with E-state index in [1.54, 1.807) is 6.20 Å². The van der Waals surface area contributed by atoms with Crippen LogP contribution in [-0.4, -0.2) is 34.3 Å². The summed E-state index contributed by atoms with van der Waals surface area (Å²) < 4.78 is 12.8. The number of fused-ring (bicyclic) bond motifs is 4. The molecule has 2 unspecified atom stereocenters. The van der Waals surface area contributed by atoms with Crippen LogP contribution in [0.3, 0.4) is 0 Å². The number of ketones is 1. The lowest BCUT2D eigenvalue weighted by molar-refractivity contribution is -0.157. The van der Waals surface area contributed by atoms with Gasteiger partial charge in [-0.25, -0.2) is 0 Å². The maximum atomic E-state index is 12.8. The van der Waals surface area contributed by atoms with E-state index in [-0.39, 0.29) is 41.5 Å². The molecule has 1 aromatic heterocycles. The van der Waals surface area contributed by atoms with Gasteiger partial charge >= 0.3 is 5.97 Å². The number of benzene rings is 1. The maximum absolute atomic E-state index is 12.8. The molecule has 0 radical (unpaired) electrons. The number of Topliss-reactive ketones (excluding diaryl/α,β-unsaturated/α-hetero) is 1. The predicted octanol–water partition coefficient (Wildman–Crippen LogP) is 4.50. The summed E-state index contributed by atoms with van der Waals surface area (Å²) in [4.78, 5) is 41.5. The van der Waals surface area contributed by atoms with E-state index in [0.717, 1.165) is 34.8 Å². The number of carbonyl (C=O) groups excluding carboxylic acids is 3. The van der Waals surface area contributed by atoms with Crippen LogP contribution in [0.1, 0.15) is 64.4 Å². The topological polar surface area (TPSA) is 109 Å². The van der Waals surface area contributed by atoms with Crippen molar-refractivity contribution in [3.05, 3.63) is 65.2 Å². The van der Waals surface area contributed by atoms with E-state index in [4.69, 9.17) is 15.2 Å². The van der Waals surface area contributed by atoms with Crippen LogP contribution in [0.4, 0.5) is 0 Å². The van der Waals surface area contributed by atoms with Crippen molar-refractivity contribution >= 4 is 28.4 Å². The number of hydrogen-bond acceptors (Lipinski definition) is 6. The van der Waals surface area contributed by atoms with E-state index in [0.29, 0.717) is 24.2 Å². The third-order valence-corrected chi connectivity index (χ3v) is 9.29. The van der Waals surface area contributed by atoms with E-state index >= 15 is 0 Å². The highest BCUT2D eigenvalue weighted by Crippen LogP contribution is 2.66. The summed E-state index contributed by atoms with van der Waals surface area (Å²) in [5.41, 5.74) is 7.44. The van der Waals surface area contributed by atoms with Crippen molar-refractivity contribution in [3.63, 3.8) is 0 Å². The van der Waals surface area contributed by atoms with Crippen LogP contribution in [0.25, 0.3) is 10.8 Å². The average Bonchev–Trinajstić information content (AvgIpc) is 3.08. The second-order valence-electron chi connectivity index (χ2n) is 11.6. The normalized spacial score (nSPS) is 34.7. The van der Waals surface area contributed by atoms with Gasteiger partial charge in [0, 0.05) is 49.4 Å². The zero-order valence-corrected chi connectivity index (χ0v) is 21.5. The van der Waals surface area contributed by atoms with Crippen LogP contribution >= 0.6 is 0 Å². The van der Waals surface area contributed by atoms with Gasteiger partial charge in [-0.05, 0) is 60.3 Å². The van der Waals surface area contributed by atoms with Crippen molar-refractivity contribution in [3.8, 4) is 0 Å². The molecular formula is C30H32N2O5. The highest BCUT2D eigenvalue weighted by Gasteiger charge is 2.64. The van der Waals surface area contributed by atoms with Crippen molar-refractivity contribution in [2.24, 2.45) is 23.0 Å². The molecule has 7 heteroatoms. The summed E-state index contributed by atoms with van der Waals surface area (Å²) >= 11 is 0. The molecule has 6 atom stereocenters.